The molecule has 1 atom stereocenters. The van der Waals surface area contributed by atoms with Crippen molar-refractivity contribution in [2.24, 2.45) is 0 Å². The molecule has 1 aromatic carbocycles. The first-order chi connectivity index (χ1) is 8.63. The van der Waals surface area contributed by atoms with Gasteiger partial charge in [-0.25, -0.2) is 0 Å². The van der Waals surface area contributed by atoms with E-state index < -0.39 is 0 Å². The van der Waals surface area contributed by atoms with Crippen LogP contribution < -0.4 is 5.32 Å². The lowest BCUT2D eigenvalue weighted by Crippen LogP contribution is -2.07. The minimum absolute atomic E-state index is 0.174. The summed E-state index contributed by atoms with van der Waals surface area (Å²) in [6.07, 6.45) is 0. The smallest absolute Gasteiger partial charge is 0.102 e. The molecule has 0 bridgehead atoms. The zero-order chi connectivity index (χ0) is 13.1. The van der Waals surface area contributed by atoms with Crippen molar-refractivity contribution < 1.29 is 0 Å². The summed E-state index contributed by atoms with van der Waals surface area (Å²) in [5.41, 5.74) is 2.61. The summed E-state index contributed by atoms with van der Waals surface area (Å²) in [6.45, 7) is 4.05. The fourth-order valence-corrected chi connectivity index (χ4v) is 3.57. The van der Waals surface area contributed by atoms with Gasteiger partial charge in [-0.1, -0.05) is 12.1 Å². The summed E-state index contributed by atoms with van der Waals surface area (Å²) in [6, 6.07) is 10.3. The lowest BCUT2D eigenvalue weighted by Gasteiger charge is -2.16. The molecule has 2 rings (SSSR count). The van der Waals surface area contributed by atoms with E-state index in [0.29, 0.717) is 0 Å². The lowest BCUT2D eigenvalue weighted by atomic mass is 10.1. The average molecular weight is 321 g/mol. The molecule has 4 heteroatoms. The maximum Gasteiger partial charge on any atom is 0.102 e. The Bertz CT molecular complexity index is 598. The number of aryl methyl sites for hydroxylation is 1. The van der Waals surface area contributed by atoms with Gasteiger partial charge in [-0.2, -0.15) is 5.26 Å². The molecule has 0 aliphatic carbocycles. The van der Waals surface area contributed by atoms with E-state index in [4.69, 9.17) is 0 Å². The maximum absolute atomic E-state index is 9.20. The number of nitrogens with zero attached hydrogens (tertiary/aromatic N) is 1. The fraction of sp³-hybridized carbons (Fsp3) is 0.214. The Labute approximate surface area is 119 Å². The first kappa shape index (κ1) is 13.1. The molecule has 0 aliphatic rings. The second kappa shape index (κ2) is 5.55. The number of hydrogen-bond acceptors (Lipinski definition) is 3. The van der Waals surface area contributed by atoms with Crippen LogP contribution in [-0.4, -0.2) is 0 Å². The van der Waals surface area contributed by atoms with Crippen LogP contribution in [0.3, 0.4) is 0 Å². The van der Waals surface area contributed by atoms with E-state index in [0.717, 1.165) is 21.3 Å². The summed E-state index contributed by atoms with van der Waals surface area (Å²) >= 11 is 5.24. The van der Waals surface area contributed by atoms with Gasteiger partial charge in [-0.15, -0.1) is 11.3 Å². The highest BCUT2D eigenvalue weighted by Gasteiger charge is 2.13. The molecular weight excluding hydrogens is 308 g/mol. The van der Waals surface area contributed by atoms with Gasteiger partial charge in [0.15, 0.2) is 0 Å². The van der Waals surface area contributed by atoms with E-state index in [9.17, 15) is 5.26 Å². The first-order valence-electron chi connectivity index (χ1n) is 5.62. The highest BCUT2D eigenvalue weighted by molar-refractivity contribution is 9.10. The molecule has 2 aromatic rings. The topological polar surface area (TPSA) is 35.8 Å². The molecule has 1 heterocycles. The molecule has 0 radical (unpaired) electrons. The number of nitriles is 1. The van der Waals surface area contributed by atoms with Gasteiger partial charge in [0.05, 0.1) is 17.3 Å². The van der Waals surface area contributed by atoms with Gasteiger partial charge in [0.1, 0.15) is 6.07 Å². The normalized spacial score (nSPS) is 11.9. The van der Waals surface area contributed by atoms with Crippen LogP contribution in [0.5, 0.6) is 0 Å². The summed E-state index contributed by atoms with van der Waals surface area (Å²) < 4.78 is 1.11. The van der Waals surface area contributed by atoms with Gasteiger partial charge in [0.25, 0.3) is 0 Å². The van der Waals surface area contributed by atoms with E-state index in [1.54, 1.807) is 11.3 Å². The van der Waals surface area contributed by atoms with Gasteiger partial charge in [-0.05, 0) is 52.9 Å². The van der Waals surface area contributed by atoms with Crippen molar-refractivity contribution in [3.63, 3.8) is 0 Å². The Kier molecular flexibility index (Phi) is 4.05. The third-order valence-corrected chi connectivity index (χ3v) is 4.85. The van der Waals surface area contributed by atoms with Crippen molar-refractivity contribution in [3.05, 3.63) is 50.1 Å². The minimum Gasteiger partial charge on any atom is -0.377 e. The van der Waals surface area contributed by atoms with Crippen molar-refractivity contribution in [1.29, 1.82) is 5.26 Å². The Hall–Kier alpha value is -1.31. The number of hydrogen-bond donors (Lipinski definition) is 1. The monoisotopic (exact) mass is 320 g/mol. The van der Waals surface area contributed by atoms with Crippen molar-refractivity contribution in [3.8, 4) is 6.07 Å². The summed E-state index contributed by atoms with van der Waals surface area (Å²) in [5.74, 6) is 0. The number of benzene rings is 1. The molecule has 0 fully saturated rings. The number of halogens is 1. The second-order valence-corrected chi connectivity index (χ2v) is 5.91. The summed E-state index contributed by atoms with van der Waals surface area (Å²) in [7, 11) is 0. The van der Waals surface area contributed by atoms with Crippen LogP contribution in [0, 0.1) is 18.3 Å². The van der Waals surface area contributed by atoms with Crippen LogP contribution in [-0.2, 0) is 0 Å². The molecule has 92 valence electrons. The summed E-state index contributed by atoms with van der Waals surface area (Å²) in [4.78, 5) is 1.24. The second-order valence-electron chi connectivity index (χ2n) is 4.11. The third-order valence-electron chi connectivity index (χ3n) is 2.79. The maximum atomic E-state index is 9.20. The average Bonchev–Trinajstić information content (AvgIpc) is 2.76. The van der Waals surface area contributed by atoms with E-state index in [1.807, 2.05) is 31.2 Å². The van der Waals surface area contributed by atoms with Crippen LogP contribution in [0.4, 0.5) is 5.69 Å². The molecular formula is C14H13BrN2S. The zero-order valence-electron chi connectivity index (χ0n) is 10.2. The highest BCUT2D eigenvalue weighted by Crippen LogP contribution is 2.32. The van der Waals surface area contributed by atoms with Crippen molar-refractivity contribution in [2.45, 2.75) is 19.9 Å². The van der Waals surface area contributed by atoms with Gasteiger partial charge >= 0.3 is 0 Å². The fourth-order valence-electron chi connectivity index (χ4n) is 1.85. The van der Waals surface area contributed by atoms with Gasteiger partial charge in [0.2, 0.25) is 0 Å². The van der Waals surface area contributed by atoms with Gasteiger partial charge in [-0.3, -0.25) is 0 Å². The third kappa shape index (κ3) is 2.58. The Balaban J connectivity index is 2.28. The number of nitrogens with one attached hydrogen (secondary N) is 1. The molecule has 0 saturated carbocycles. The van der Waals surface area contributed by atoms with E-state index in [1.165, 1.54) is 4.88 Å². The van der Waals surface area contributed by atoms with E-state index in [-0.39, 0.29) is 6.04 Å². The van der Waals surface area contributed by atoms with Gasteiger partial charge in [0, 0.05) is 9.35 Å². The molecule has 1 N–H and O–H groups in total. The van der Waals surface area contributed by atoms with Crippen LogP contribution in [0.25, 0.3) is 0 Å². The Morgan fingerprint density at radius 2 is 2.17 bits per heavy atom. The van der Waals surface area contributed by atoms with Crippen molar-refractivity contribution in [2.75, 3.05) is 5.32 Å². The number of thiophene rings is 1. The van der Waals surface area contributed by atoms with Crippen LogP contribution in [0.1, 0.15) is 29.0 Å². The van der Waals surface area contributed by atoms with E-state index >= 15 is 0 Å². The predicted octanol–water partition coefficient (Wildman–Crippen LogP) is 4.86. The molecule has 1 aromatic heterocycles. The molecule has 18 heavy (non-hydrogen) atoms. The van der Waals surface area contributed by atoms with Crippen LogP contribution in [0.15, 0.2) is 34.1 Å². The predicted molar refractivity (Wildman–Crippen MR) is 80.0 cm³/mol. The zero-order valence-corrected chi connectivity index (χ0v) is 12.6. The summed E-state index contributed by atoms with van der Waals surface area (Å²) in [5, 5.41) is 14.7. The molecule has 1 unspecified atom stereocenters. The molecule has 0 spiro atoms. The number of anilines is 1. The van der Waals surface area contributed by atoms with E-state index in [2.05, 4.69) is 39.6 Å². The quantitative estimate of drug-likeness (QED) is 0.876. The Morgan fingerprint density at radius 1 is 1.39 bits per heavy atom. The molecule has 2 nitrogen and oxygen atoms in total. The van der Waals surface area contributed by atoms with Crippen molar-refractivity contribution >= 4 is 33.0 Å². The van der Waals surface area contributed by atoms with Crippen molar-refractivity contribution in [1.82, 2.24) is 0 Å². The standard InChI is InChI=1S/C14H13BrN2S/c1-9-4-3-5-13(11(9)8-16)17-10(2)14-12(15)6-7-18-14/h3-7,10,17H,1-2H3. The lowest BCUT2D eigenvalue weighted by molar-refractivity contribution is 0.902. The minimum atomic E-state index is 0.174. The highest BCUT2D eigenvalue weighted by atomic mass is 79.9. The number of rotatable bonds is 3. The van der Waals surface area contributed by atoms with Gasteiger partial charge < -0.3 is 5.32 Å². The Morgan fingerprint density at radius 3 is 2.78 bits per heavy atom. The molecule has 0 aliphatic heterocycles. The molecule has 0 saturated heterocycles. The largest absolute Gasteiger partial charge is 0.377 e. The van der Waals surface area contributed by atoms with Crippen LogP contribution >= 0.6 is 27.3 Å². The SMILES string of the molecule is Cc1cccc(NC(C)c2sccc2Br)c1C#N. The molecule has 0 amide bonds. The first-order valence-corrected chi connectivity index (χ1v) is 7.30. The van der Waals surface area contributed by atoms with Crippen LogP contribution in [0.2, 0.25) is 0 Å².